The summed E-state index contributed by atoms with van der Waals surface area (Å²) in [6, 6.07) is 73.3. The number of aryl methyl sites for hydroxylation is 2. The molecule has 0 unspecified atom stereocenters. The van der Waals surface area contributed by atoms with Gasteiger partial charge in [-0.1, -0.05) is 148 Å². The van der Waals surface area contributed by atoms with Gasteiger partial charge in [0.2, 0.25) is 0 Å². The van der Waals surface area contributed by atoms with Crippen LogP contribution in [0.3, 0.4) is 0 Å². The van der Waals surface area contributed by atoms with Crippen molar-refractivity contribution < 1.29 is 0 Å². The van der Waals surface area contributed by atoms with Crippen LogP contribution in [0.15, 0.2) is 193 Å². The van der Waals surface area contributed by atoms with Crippen LogP contribution in [0, 0.1) is 25.2 Å². The van der Waals surface area contributed by atoms with E-state index < -0.39 is 5.41 Å². The number of benzene rings is 9. The fourth-order valence-corrected chi connectivity index (χ4v) is 14.4. The number of anilines is 6. The summed E-state index contributed by atoms with van der Waals surface area (Å²) in [6.07, 6.45) is 0. The van der Waals surface area contributed by atoms with Crippen LogP contribution in [0.2, 0.25) is 0 Å². The van der Waals surface area contributed by atoms with Gasteiger partial charge >= 0.3 is 0 Å². The van der Waals surface area contributed by atoms with Crippen molar-refractivity contribution in [2.45, 2.75) is 45.4 Å². The molecule has 5 heterocycles. The molecule has 4 nitrogen and oxygen atoms in total. The molecule has 0 N–H and O–H groups in total. The van der Waals surface area contributed by atoms with Gasteiger partial charge in [0.15, 0.2) is 0 Å². The van der Waals surface area contributed by atoms with Crippen LogP contribution in [-0.4, -0.2) is 11.3 Å². The molecule has 0 fully saturated rings. The quantitative estimate of drug-likeness (QED) is 0.166. The van der Waals surface area contributed by atoms with Crippen molar-refractivity contribution in [1.29, 1.82) is 5.26 Å². The number of nitrogens with zero attached hydrogens (tertiary/aromatic N) is 4. The first-order chi connectivity index (χ1) is 35.1. The van der Waals surface area contributed by atoms with Gasteiger partial charge in [-0.05, 0) is 157 Å². The van der Waals surface area contributed by atoms with Crippen molar-refractivity contribution >= 4 is 90.4 Å². The highest BCUT2D eigenvalue weighted by Crippen LogP contribution is 2.63. The maximum Gasteiger partial charge on any atom is 0.252 e. The molecule has 1 spiro atoms. The zero-order valence-corrected chi connectivity index (χ0v) is 41.6. The largest absolute Gasteiger partial charge is 0.311 e. The van der Waals surface area contributed by atoms with Gasteiger partial charge in [0.05, 0.1) is 33.8 Å². The molecule has 0 radical (unpaired) electrons. The molecule has 1 atom stereocenters. The van der Waals surface area contributed by atoms with E-state index in [9.17, 15) is 5.26 Å². The third-order valence-corrected chi connectivity index (χ3v) is 17.5. The van der Waals surface area contributed by atoms with Gasteiger partial charge in [-0.3, -0.25) is 0 Å². The van der Waals surface area contributed by atoms with Gasteiger partial charge in [0, 0.05) is 49.8 Å². The lowest BCUT2D eigenvalue weighted by atomic mass is 9.33. The van der Waals surface area contributed by atoms with E-state index in [-0.39, 0.29) is 12.1 Å². The van der Waals surface area contributed by atoms with Crippen LogP contribution in [0.1, 0.15) is 64.6 Å². The lowest BCUT2D eigenvalue weighted by molar-refractivity contribution is 0.590. The topological polar surface area (TPSA) is 35.2 Å². The summed E-state index contributed by atoms with van der Waals surface area (Å²) in [5.41, 5.74) is 27.2. The Labute approximate surface area is 424 Å². The smallest absolute Gasteiger partial charge is 0.252 e. The standard InChI is InChI=1S/C66H47BN4S/c1-39-16-9-13-24-54(39)69-58-35-44(65(3,4)5)27-28-52(58)67-53-36-47-45-20-11-12-22-49(45)66(50-23-15-21-46-48-32-41(38-68)26-29-56(48)71(63(46)50)57-30-31-72-64(57)66)51(47)37-59(53)70(55-25-14-10-17-40(55)2)61-34-43(33-60(69)62(61)67)42-18-7-6-8-19-42/h6-37H,1-5H3/t66-/m1/s1. The van der Waals surface area contributed by atoms with Gasteiger partial charge in [-0.2, -0.15) is 5.26 Å². The molecule has 0 amide bonds. The minimum atomic E-state index is -0.616. The third-order valence-electron chi connectivity index (χ3n) is 16.5. The third kappa shape index (κ3) is 5.31. The number of rotatable bonds is 3. The van der Waals surface area contributed by atoms with Crippen LogP contribution >= 0.6 is 11.3 Å². The summed E-state index contributed by atoms with van der Waals surface area (Å²) < 4.78 is 2.48. The fraction of sp³-hybridized carbons (Fsp3) is 0.106. The van der Waals surface area contributed by atoms with E-state index in [4.69, 9.17) is 0 Å². The predicted octanol–water partition coefficient (Wildman–Crippen LogP) is 15.1. The Balaban J connectivity index is 1.10. The molecular formula is C66H47BN4S. The van der Waals surface area contributed by atoms with E-state index in [1.165, 1.54) is 128 Å². The average molecular weight is 939 g/mol. The van der Waals surface area contributed by atoms with E-state index in [0.717, 1.165) is 10.9 Å². The fourth-order valence-electron chi connectivity index (χ4n) is 13.3. The van der Waals surface area contributed by atoms with E-state index >= 15 is 0 Å². The molecule has 1 aliphatic carbocycles. The van der Waals surface area contributed by atoms with Crippen LogP contribution in [0.4, 0.5) is 34.1 Å². The molecule has 0 saturated carbocycles. The second-order valence-electron chi connectivity index (χ2n) is 21.3. The second kappa shape index (κ2) is 14.6. The Hall–Kier alpha value is -8.37. The summed E-state index contributed by atoms with van der Waals surface area (Å²) in [5.74, 6) is 0. The number of nitriles is 1. The molecule has 340 valence electrons. The number of aromatic nitrogens is 1. The first kappa shape index (κ1) is 41.4. The molecule has 6 heteroatoms. The van der Waals surface area contributed by atoms with Crippen molar-refractivity contribution in [3.63, 3.8) is 0 Å². The van der Waals surface area contributed by atoms with E-state index in [1.54, 1.807) is 0 Å². The Kier molecular flexibility index (Phi) is 8.40. The van der Waals surface area contributed by atoms with Crippen LogP contribution < -0.4 is 26.2 Å². The molecule has 3 aliphatic heterocycles. The molecule has 9 aromatic carbocycles. The minimum Gasteiger partial charge on any atom is -0.311 e. The second-order valence-corrected chi connectivity index (χ2v) is 22.2. The zero-order chi connectivity index (χ0) is 48.4. The number of thiophene rings is 1. The summed E-state index contributed by atoms with van der Waals surface area (Å²) in [7, 11) is 0. The molecule has 15 rings (SSSR count). The van der Waals surface area contributed by atoms with Gasteiger partial charge in [0.1, 0.15) is 0 Å². The Morgan fingerprint density at radius 3 is 1.92 bits per heavy atom. The maximum absolute atomic E-state index is 10.1. The molecule has 0 saturated heterocycles. The van der Waals surface area contributed by atoms with E-state index in [0.29, 0.717) is 5.56 Å². The highest BCUT2D eigenvalue weighted by atomic mass is 32.1. The van der Waals surface area contributed by atoms with Crippen LogP contribution in [0.5, 0.6) is 0 Å². The van der Waals surface area contributed by atoms with Crippen molar-refractivity contribution in [2.24, 2.45) is 0 Å². The Morgan fingerprint density at radius 1 is 0.514 bits per heavy atom. The van der Waals surface area contributed by atoms with Crippen molar-refractivity contribution in [3.8, 4) is 34.0 Å². The Morgan fingerprint density at radius 2 is 1.19 bits per heavy atom. The number of fused-ring (bicyclic) bond motifs is 16. The summed E-state index contributed by atoms with van der Waals surface area (Å²) in [6.45, 7) is 11.4. The molecule has 4 aliphatic rings. The molecule has 2 aromatic heterocycles. The molecule has 11 aromatic rings. The highest BCUT2D eigenvalue weighted by molar-refractivity contribution is 7.10. The molecular weight excluding hydrogens is 892 g/mol. The van der Waals surface area contributed by atoms with Crippen molar-refractivity contribution in [1.82, 2.24) is 4.57 Å². The van der Waals surface area contributed by atoms with Crippen LogP contribution in [-0.2, 0) is 10.8 Å². The van der Waals surface area contributed by atoms with Gasteiger partial charge in [-0.25, -0.2) is 0 Å². The maximum atomic E-state index is 10.1. The number of hydrogen-bond donors (Lipinski definition) is 0. The monoisotopic (exact) mass is 938 g/mol. The summed E-state index contributed by atoms with van der Waals surface area (Å²) in [5, 5.41) is 14.7. The molecule has 0 bridgehead atoms. The SMILES string of the molecule is Cc1ccccc1N1c2cc(C(C)(C)C)ccc2B2c3cc4c(cc3N(c3ccccc3C)c3cc(-c5ccccc5)cc1c32)[C@]1(c2ccccc2-4)c2sccc2-n2c3ccc(C#N)cc3c3cccc1c32. The zero-order valence-electron chi connectivity index (χ0n) is 40.7. The lowest BCUT2D eigenvalue weighted by Crippen LogP contribution is -2.61. The van der Waals surface area contributed by atoms with E-state index in [2.05, 4.69) is 242 Å². The number of hydrogen-bond acceptors (Lipinski definition) is 4. The minimum absolute atomic E-state index is 0.0675. The van der Waals surface area contributed by atoms with E-state index in [1.807, 2.05) is 17.4 Å². The average Bonchev–Trinajstić information content (AvgIpc) is 4.10. The van der Waals surface area contributed by atoms with Crippen molar-refractivity contribution in [3.05, 3.63) is 237 Å². The summed E-state index contributed by atoms with van der Waals surface area (Å²) >= 11 is 1.86. The highest BCUT2D eigenvalue weighted by Gasteiger charge is 2.54. The first-order valence-electron chi connectivity index (χ1n) is 25.1. The van der Waals surface area contributed by atoms with Crippen molar-refractivity contribution in [2.75, 3.05) is 9.80 Å². The molecule has 72 heavy (non-hydrogen) atoms. The summed E-state index contributed by atoms with van der Waals surface area (Å²) in [4.78, 5) is 6.52. The normalized spacial score (nSPS) is 15.5. The predicted molar refractivity (Wildman–Crippen MR) is 302 cm³/mol. The lowest BCUT2D eigenvalue weighted by Gasteiger charge is -2.46. The first-order valence-corrected chi connectivity index (χ1v) is 26.0. The van der Waals surface area contributed by atoms with Gasteiger partial charge in [-0.15, -0.1) is 11.3 Å². The number of para-hydroxylation sites is 3. The Bertz CT molecular complexity index is 4220. The van der Waals surface area contributed by atoms with Crippen LogP contribution in [0.25, 0.3) is 49.7 Å². The van der Waals surface area contributed by atoms with Gasteiger partial charge < -0.3 is 14.4 Å². The van der Waals surface area contributed by atoms with Gasteiger partial charge in [0.25, 0.3) is 6.71 Å².